The Labute approximate surface area is 182 Å². The van der Waals surface area contributed by atoms with E-state index in [2.05, 4.69) is 25.3 Å². The molecule has 0 saturated heterocycles. The number of aliphatic carboxylic acids is 1. The Morgan fingerprint density at radius 1 is 1.16 bits per heavy atom. The third-order valence-electron chi connectivity index (χ3n) is 4.95. The molecule has 6 N–H and O–H groups in total. The molecule has 0 bridgehead atoms. The van der Waals surface area contributed by atoms with Crippen LogP contribution in [0.5, 0.6) is 0 Å². The number of carbonyl (C=O) groups is 2. The van der Waals surface area contributed by atoms with E-state index in [9.17, 15) is 19.5 Å². The molecule has 1 atom stereocenters. The average molecular weight is 440 g/mol. The van der Waals surface area contributed by atoms with Crippen LogP contribution in [0.3, 0.4) is 0 Å². The first kappa shape index (κ1) is 22.8. The summed E-state index contributed by atoms with van der Waals surface area (Å²) in [5.41, 5.74) is 7.45. The molecule has 168 valence electrons. The molecular weight excluding hydrogens is 416 g/mol. The zero-order valence-electron chi connectivity index (χ0n) is 17.2. The van der Waals surface area contributed by atoms with Gasteiger partial charge < -0.3 is 21.3 Å². The number of carboxylic acid groups (broad SMARTS) is 1. The quantitative estimate of drug-likeness (QED) is 0.295. The van der Waals surface area contributed by atoms with Crippen LogP contribution in [0.1, 0.15) is 34.5 Å². The Morgan fingerprint density at radius 2 is 1.91 bits per heavy atom. The van der Waals surface area contributed by atoms with Crippen LogP contribution in [0.2, 0.25) is 0 Å². The van der Waals surface area contributed by atoms with Crippen LogP contribution in [0.15, 0.2) is 35.3 Å². The van der Waals surface area contributed by atoms with Crippen LogP contribution in [-0.4, -0.2) is 55.2 Å². The number of carboxylic acids is 1. The molecule has 3 aromatic rings. The number of aliphatic hydroxyl groups excluding tert-OH is 1. The van der Waals surface area contributed by atoms with Crippen molar-refractivity contribution in [1.29, 1.82) is 0 Å². The van der Waals surface area contributed by atoms with Crippen LogP contribution >= 0.6 is 0 Å². The molecule has 0 spiro atoms. The summed E-state index contributed by atoms with van der Waals surface area (Å²) in [7, 11) is 0. The number of nitrogens with two attached hydrogens (primary N) is 1. The SMILES string of the molecule is Nc1nc2ncc(CCc3ccc(C(=O)NCC(CO)CCC(=O)O)cc3)nc2c(=O)[nH]1. The summed E-state index contributed by atoms with van der Waals surface area (Å²) in [6, 6.07) is 7.04. The number of H-pyrrole nitrogens is 1. The molecule has 1 amide bonds. The van der Waals surface area contributed by atoms with Crippen molar-refractivity contribution >= 4 is 29.0 Å². The van der Waals surface area contributed by atoms with E-state index in [0.717, 1.165) is 5.56 Å². The van der Waals surface area contributed by atoms with Gasteiger partial charge in [0.1, 0.15) is 0 Å². The molecule has 1 aromatic carbocycles. The molecule has 3 rings (SSSR count). The number of aliphatic hydroxyl groups is 1. The predicted octanol–water partition coefficient (Wildman–Crippen LogP) is 0.284. The number of aryl methyl sites for hydroxylation is 2. The van der Waals surface area contributed by atoms with E-state index in [1.54, 1.807) is 18.3 Å². The van der Waals surface area contributed by atoms with Gasteiger partial charge in [-0.15, -0.1) is 0 Å². The molecule has 32 heavy (non-hydrogen) atoms. The third-order valence-corrected chi connectivity index (χ3v) is 4.95. The Kier molecular flexibility index (Phi) is 7.45. The number of rotatable bonds is 10. The summed E-state index contributed by atoms with van der Waals surface area (Å²) in [5, 5.41) is 20.8. The Bertz CT molecular complexity index is 1160. The highest BCUT2D eigenvalue weighted by atomic mass is 16.4. The number of aromatic nitrogens is 4. The number of nitrogens with zero attached hydrogens (tertiary/aromatic N) is 3. The Morgan fingerprint density at radius 3 is 2.59 bits per heavy atom. The maximum Gasteiger partial charge on any atom is 0.303 e. The van der Waals surface area contributed by atoms with Crippen molar-refractivity contribution in [1.82, 2.24) is 25.3 Å². The molecular formula is C21H24N6O5. The highest BCUT2D eigenvalue weighted by Crippen LogP contribution is 2.10. The van der Waals surface area contributed by atoms with Crippen molar-refractivity contribution in [2.45, 2.75) is 25.7 Å². The first-order valence-electron chi connectivity index (χ1n) is 10.1. The van der Waals surface area contributed by atoms with Gasteiger partial charge >= 0.3 is 5.97 Å². The van der Waals surface area contributed by atoms with E-state index in [0.29, 0.717) is 24.1 Å². The van der Waals surface area contributed by atoms with Gasteiger partial charge in [-0.3, -0.25) is 19.4 Å². The molecule has 0 saturated carbocycles. The molecule has 1 unspecified atom stereocenters. The van der Waals surface area contributed by atoms with Gasteiger partial charge in [-0.1, -0.05) is 12.1 Å². The summed E-state index contributed by atoms with van der Waals surface area (Å²) < 4.78 is 0. The second kappa shape index (κ2) is 10.4. The number of aromatic amines is 1. The zero-order valence-corrected chi connectivity index (χ0v) is 17.2. The van der Waals surface area contributed by atoms with Crippen molar-refractivity contribution in [3.05, 3.63) is 57.6 Å². The van der Waals surface area contributed by atoms with Crippen molar-refractivity contribution in [3.8, 4) is 0 Å². The normalized spacial score (nSPS) is 11.9. The molecule has 2 heterocycles. The second-order valence-corrected chi connectivity index (χ2v) is 7.37. The molecule has 0 aliphatic carbocycles. The lowest BCUT2D eigenvalue weighted by molar-refractivity contribution is -0.137. The minimum absolute atomic E-state index is 0.0131. The van der Waals surface area contributed by atoms with Gasteiger partial charge in [-0.05, 0) is 42.9 Å². The smallest absolute Gasteiger partial charge is 0.303 e. The van der Waals surface area contributed by atoms with Gasteiger partial charge in [0.25, 0.3) is 11.5 Å². The van der Waals surface area contributed by atoms with Gasteiger partial charge in [0.2, 0.25) is 5.95 Å². The largest absolute Gasteiger partial charge is 0.481 e. The van der Waals surface area contributed by atoms with Gasteiger partial charge in [0.05, 0.1) is 11.9 Å². The monoisotopic (exact) mass is 440 g/mol. The Hall–Kier alpha value is -3.86. The van der Waals surface area contributed by atoms with E-state index >= 15 is 0 Å². The molecule has 0 fully saturated rings. The first-order chi connectivity index (χ1) is 15.4. The number of carbonyl (C=O) groups excluding carboxylic acids is 1. The fraction of sp³-hybridized carbons (Fsp3) is 0.333. The standard InChI is InChI=1S/C21H24N6O5/c22-21-26-18-17(20(32)27-21)25-15(10-23-18)7-3-12-1-5-14(6-2-12)19(31)24-9-13(11-28)4-8-16(29)30/h1-2,5-6,10,13,28H,3-4,7-9,11H2,(H,24,31)(H,29,30)(H3,22,23,26,27,32). The number of anilines is 1. The van der Waals surface area contributed by atoms with Crippen LogP contribution in [-0.2, 0) is 17.6 Å². The highest BCUT2D eigenvalue weighted by Gasteiger charge is 2.13. The van der Waals surface area contributed by atoms with E-state index in [1.807, 2.05) is 12.1 Å². The van der Waals surface area contributed by atoms with Gasteiger partial charge in [0.15, 0.2) is 11.2 Å². The summed E-state index contributed by atoms with van der Waals surface area (Å²) in [6.45, 7) is 0.00408. The second-order valence-electron chi connectivity index (χ2n) is 7.37. The van der Waals surface area contributed by atoms with Gasteiger partial charge in [0, 0.05) is 25.1 Å². The van der Waals surface area contributed by atoms with Crippen LogP contribution < -0.4 is 16.6 Å². The van der Waals surface area contributed by atoms with E-state index in [4.69, 9.17) is 10.8 Å². The van der Waals surface area contributed by atoms with E-state index in [-0.39, 0.29) is 54.9 Å². The van der Waals surface area contributed by atoms with Crippen LogP contribution in [0, 0.1) is 5.92 Å². The number of nitrogens with one attached hydrogen (secondary N) is 2. The summed E-state index contributed by atoms with van der Waals surface area (Å²) in [4.78, 5) is 49.7. The fourth-order valence-electron chi connectivity index (χ4n) is 3.11. The molecule has 11 nitrogen and oxygen atoms in total. The van der Waals surface area contributed by atoms with Crippen molar-refractivity contribution in [2.75, 3.05) is 18.9 Å². The maximum absolute atomic E-state index is 12.3. The predicted molar refractivity (Wildman–Crippen MR) is 116 cm³/mol. The number of hydrogen-bond acceptors (Lipinski definition) is 8. The minimum Gasteiger partial charge on any atom is -0.481 e. The maximum atomic E-state index is 12.3. The molecule has 2 aromatic heterocycles. The number of amides is 1. The van der Waals surface area contributed by atoms with Crippen molar-refractivity contribution < 1.29 is 19.8 Å². The minimum atomic E-state index is -0.937. The average Bonchev–Trinajstić information content (AvgIpc) is 2.78. The summed E-state index contributed by atoms with van der Waals surface area (Å²) in [6.07, 6.45) is 2.95. The number of benzene rings is 1. The third kappa shape index (κ3) is 6.08. The lowest BCUT2D eigenvalue weighted by Crippen LogP contribution is -2.31. The van der Waals surface area contributed by atoms with Crippen LogP contribution in [0.4, 0.5) is 5.95 Å². The zero-order chi connectivity index (χ0) is 23.1. The lowest BCUT2D eigenvalue weighted by atomic mass is 10.0. The number of hydrogen-bond donors (Lipinski definition) is 5. The summed E-state index contributed by atoms with van der Waals surface area (Å²) in [5.74, 6) is -1.55. The first-order valence-corrected chi connectivity index (χ1v) is 10.1. The fourth-order valence-corrected chi connectivity index (χ4v) is 3.11. The molecule has 11 heteroatoms. The molecule has 0 aliphatic rings. The van der Waals surface area contributed by atoms with E-state index in [1.165, 1.54) is 0 Å². The topological polar surface area (TPSA) is 184 Å². The van der Waals surface area contributed by atoms with Crippen molar-refractivity contribution in [3.63, 3.8) is 0 Å². The number of nitrogen functional groups attached to an aromatic ring is 1. The van der Waals surface area contributed by atoms with Gasteiger partial charge in [-0.25, -0.2) is 9.97 Å². The van der Waals surface area contributed by atoms with Gasteiger partial charge in [-0.2, -0.15) is 4.98 Å². The highest BCUT2D eigenvalue weighted by molar-refractivity contribution is 5.94. The number of fused-ring (bicyclic) bond motifs is 1. The summed E-state index contributed by atoms with van der Waals surface area (Å²) >= 11 is 0. The molecule has 0 radical (unpaired) electrons. The van der Waals surface area contributed by atoms with Crippen LogP contribution in [0.25, 0.3) is 11.2 Å². The Balaban J connectivity index is 1.55. The van der Waals surface area contributed by atoms with E-state index < -0.39 is 11.5 Å². The van der Waals surface area contributed by atoms with Crippen molar-refractivity contribution in [2.24, 2.45) is 5.92 Å². The lowest BCUT2D eigenvalue weighted by Gasteiger charge is -2.14. The molecule has 0 aliphatic heterocycles.